The molecule has 0 bridgehead atoms. The number of ether oxygens (including phenoxy) is 1. The summed E-state index contributed by atoms with van der Waals surface area (Å²) in [5, 5.41) is 0. The third kappa shape index (κ3) is 4.39. The van der Waals surface area contributed by atoms with E-state index < -0.39 is 11.8 Å². The quantitative estimate of drug-likeness (QED) is 0.579. The van der Waals surface area contributed by atoms with Gasteiger partial charge in [-0.3, -0.25) is 14.4 Å². The van der Waals surface area contributed by atoms with Crippen LogP contribution in [-0.4, -0.2) is 30.3 Å². The lowest BCUT2D eigenvalue weighted by Crippen LogP contribution is -2.38. The van der Waals surface area contributed by atoms with E-state index in [9.17, 15) is 18.8 Å². The maximum atomic E-state index is 12.9. The zero-order valence-corrected chi connectivity index (χ0v) is 15.0. The van der Waals surface area contributed by atoms with Gasteiger partial charge in [0.15, 0.2) is 12.4 Å². The van der Waals surface area contributed by atoms with Crippen molar-refractivity contribution in [3.63, 3.8) is 0 Å². The molecule has 27 heavy (non-hydrogen) atoms. The standard InChI is InChI=1S/C21H20FNO4/c1-14-12-16-4-2-3-5-18(16)23(14)20(25)13-27-21(26)11-10-19(24)15-6-8-17(22)9-7-15/h2-9,14H,10-13H2,1H3. The Morgan fingerprint density at radius 3 is 2.52 bits per heavy atom. The normalized spacial score (nSPS) is 15.3. The number of halogens is 1. The number of fused-ring (bicyclic) bond motifs is 1. The van der Waals surface area contributed by atoms with Crippen LogP contribution in [0.3, 0.4) is 0 Å². The molecule has 1 aliphatic heterocycles. The second-order valence-corrected chi connectivity index (χ2v) is 6.54. The Balaban J connectivity index is 1.48. The fourth-order valence-electron chi connectivity index (χ4n) is 3.23. The Morgan fingerprint density at radius 2 is 1.78 bits per heavy atom. The molecule has 0 saturated heterocycles. The number of benzene rings is 2. The molecule has 1 atom stereocenters. The average molecular weight is 369 g/mol. The molecule has 0 radical (unpaired) electrons. The lowest BCUT2D eigenvalue weighted by atomic mass is 10.1. The third-order valence-electron chi connectivity index (χ3n) is 4.55. The van der Waals surface area contributed by atoms with Crippen LogP contribution < -0.4 is 4.90 Å². The number of esters is 1. The van der Waals surface area contributed by atoms with Gasteiger partial charge in [-0.05, 0) is 49.2 Å². The van der Waals surface area contributed by atoms with Crippen molar-refractivity contribution in [2.45, 2.75) is 32.2 Å². The van der Waals surface area contributed by atoms with Crippen molar-refractivity contribution >= 4 is 23.3 Å². The summed E-state index contributed by atoms with van der Waals surface area (Å²) < 4.78 is 17.9. The summed E-state index contributed by atoms with van der Waals surface area (Å²) in [4.78, 5) is 38.0. The Labute approximate surface area is 156 Å². The molecule has 3 rings (SSSR count). The third-order valence-corrected chi connectivity index (χ3v) is 4.55. The highest BCUT2D eigenvalue weighted by molar-refractivity contribution is 5.99. The van der Waals surface area contributed by atoms with Gasteiger partial charge in [0.05, 0.1) is 6.42 Å². The SMILES string of the molecule is CC1Cc2ccccc2N1C(=O)COC(=O)CCC(=O)c1ccc(F)cc1. The van der Waals surface area contributed by atoms with Gasteiger partial charge in [0, 0.05) is 23.7 Å². The van der Waals surface area contributed by atoms with Crippen LogP contribution in [0.15, 0.2) is 48.5 Å². The molecule has 2 aromatic rings. The van der Waals surface area contributed by atoms with Crippen molar-refractivity contribution in [1.82, 2.24) is 0 Å². The van der Waals surface area contributed by atoms with Crippen molar-refractivity contribution < 1.29 is 23.5 Å². The van der Waals surface area contributed by atoms with Crippen LogP contribution >= 0.6 is 0 Å². The lowest BCUT2D eigenvalue weighted by molar-refractivity contribution is -0.147. The van der Waals surface area contributed by atoms with E-state index in [-0.39, 0.29) is 37.2 Å². The van der Waals surface area contributed by atoms with Crippen molar-refractivity contribution in [2.75, 3.05) is 11.5 Å². The Bertz CT molecular complexity index is 863. The highest BCUT2D eigenvalue weighted by atomic mass is 19.1. The monoisotopic (exact) mass is 369 g/mol. The predicted molar refractivity (Wildman–Crippen MR) is 98.0 cm³/mol. The van der Waals surface area contributed by atoms with E-state index in [1.54, 1.807) is 4.90 Å². The Kier molecular flexibility index (Phi) is 5.64. The summed E-state index contributed by atoms with van der Waals surface area (Å²) >= 11 is 0. The molecule has 0 aromatic heterocycles. The predicted octanol–water partition coefficient (Wildman–Crippen LogP) is 3.31. The van der Waals surface area contributed by atoms with Crippen molar-refractivity contribution in [2.24, 2.45) is 0 Å². The van der Waals surface area contributed by atoms with E-state index in [0.29, 0.717) is 5.56 Å². The number of nitrogens with zero attached hydrogens (tertiary/aromatic N) is 1. The Morgan fingerprint density at radius 1 is 1.07 bits per heavy atom. The number of carbonyl (C=O) groups is 3. The summed E-state index contributed by atoms with van der Waals surface area (Å²) in [6.45, 7) is 1.59. The highest BCUT2D eigenvalue weighted by Gasteiger charge is 2.30. The number of para-hydroxylation sites is 1. The molecule has 0 spiro atoms. The molecule has 0 N–H and O–H groups in total. The van der Waals surface area contributed by atoms with Gasteiger partial charge >= 0.3 is 5.97 Å². The molecule has 5 nitrogen and oxygen atoms in total. The highest BCUT2D eigenvalue weighted by Crippen LogP contribution is 2.31. The van der Waals surface area contributed by atoms with E-state index in [2.05, 4.69) is 0 Å². The van der Waals surface area contributed by atoms with Gasteiger partial charge in [0.25, 0.3) is 5.91 Å². The van der Waals surface area contributed by atoms with Crippen LogP contribution in [0.1, 0.15) is 35.7 Å². The first-order valence-electron chi connectivity index (χ1n) is 8.80. The van der Waals surface area contributed by atoms with Gasteiger partial charge in [-0.15, -0.1) is 0 Å². The van der Waals surface area contributed by atoms with E-state index in [1.807, 2.05) is 31.2 Å². The number of hydrogen-bond donors (Lipinski definition) is 0. The van der Waals surface area contributed by atoms with Crippen molar-refractivity contribution in [1.29, 1.82) is 0 Å². The topological polar surface area (TPSA) is 63.7 Å². The van der Waals surface area contributed by atoms with Crippen molar-refractivity contribution in [3.8, 4) is 0 Å². The zero-order valence-electron chi connectivity index (χ0n) is 15.0. The minimum absolute atomic E-state index is 0.00801. The van der Waals surface area contributed by atoms with Crippen LogP contribution in [0.2, 0.25) is 0 Å². The van der Waals surface area contributed by atoms with Gasteiger partial charge in [0.1, 0.15) is 5.82 Å². The average Bonchev–Trinajstić information content (AvgIpc) is 3.00. The van der Waals surface area contributed by atoms with E-state index in [1.165, 1.54) is 24.3 Å². The summed E-state index contributed by atoms with van der Waals surface area (Å²) in [6.07, 6.45) is 0.583. The fraction of sp³-hybridized carbons (Fsp3) is 0.286. The van der Waals surface area contributed by atoms with Crippen LogP contribution in [-0.2, 0) is 20.7 Å². The molecule has 1 aliphatic rings. The maximum Gasteiger partial charge on any atom is 0.306 e. The first-order chi connectivity index (χ1) is 13.0. The molecule has 0 fully saturated rings. The van der Waals surface area contributed by atoms with Gasteiger partial charge in [0.2, 0.25) is 0 Å². The van der Waals surface area contributed by atoms with E-state index in [0.717, 1.165) is 17.7 Å². The molecular formula is C21H20FNO4. The summed E-state index contributed by atoms with van der Waals surface area (Å²) in [7, 11) is 0. The minimum Gasteiger partial charge on any atom is -0.456 e. The van der Waals surface area contributed by atoms with Crippen molar-refractivity contribution in [3.05, 3.63) is 65.5 Å². The summed E-state index contributed by atoms with van der Waals surface area (Å²) in [6, 6.07) is 12.8. The number of Topliss-reactive ketones (excluding diaryl/α,β-unsaturated/α-hetero) is 1. The minimum atomic E-state index is -0.612. The second kappa shape index (κ2) is 8.12. The van der Waals surface area contributed by atoms with E-state index >= 15 is 0 Å². The zero-order chi connectivity index (χ0) is 19.4. The summed E-state index contributed by atoms with van der Waals surface area (Å²) in [5.74, 6) is -1.60. The fourth-order valence-corrected chi connectivity index (χ4v) is 3.23. The lowest BCUT2D eigenvalue weighted by Gasteiger charge is -2.22. The van der Waals surface area contributed by atoms with E-state index in [4.69, 9.17) is 4.74 Å². The second-order valence-electron chi connectivity index (χ2n) is 6.54. The molecule has 140 valence electrons. The first kappa shape index (κ1) is 18.8. The van der Waals surface area contributed by atoms with Gasteiger partial charge in [-0.1, -0.05) is 18.2 Å². The molecular weight excluding hydrogens is 349 g/mol. The largest absolute Gasteiger partial charge is 0.456 e. The van der Waals surface area contributed by atoms with Crippen LogP contribution in [0.4, 0.5) is 10.1 Å². The molecule has 1 amide bonds. The molecule has 1 heterocycles. The molecule has 0 saturated carbocycles. The van der Waals surface area contributed by atoms with Crippen LogP contribution in [0.5, 0.6) is 0 Å². The molecule has 2 aromatic carbocycles. The molecule has 1 unspecified atom stereocenters. The molecule has 6 heteroatoms. The Hall–Kier alpha value is -3.02. The van der Waals surface area contributed by atoms with Gasteiger partial charge < -0.3 is 9.64 Å². The van der Waals surface area contributed by atoms with Gasteiger partial charge in [-0.25, -0.2) is 4.39 Å². The number of amides is 1. The van der Waals surface area contributed by atoms with Crippen LogP contribution in [0, 0.1) is 5.82 Å². The maximum absolute atomic E-state index is 12.9. The first-order valence-corrected chi connectivity index (χ1v) is 8.80. The van der Waals surface area contributed by atoms with Crippen LogP contribution in [0.25, 0.3) is 0 Å². The number of anilines is 1. The van der Waals surface area contributed by atoms with Gasteiger partial charge in [-0.2, -0.15) is 0 Å². The smallest absolute Gasteiger partial charge is 0.306 e. The number of hydrogen-bond acceptors (Lipinski definition) is 4. The molecule has 0 aliphatic carbocycles. The number of rotatable bonds is 6. The number of carbonyl (C=O) groups excluding carboxylic acids is 3. The number of ketones is 1. The summed E-state index contributed by atoms with van der Waals surface area (Å²) in [5.41, 5.74) is 2.27.